The van der Waals surface area contributed by atoms with E-state index in [4.69, 9.17) is 11.6 Å². The molecule has 1 N–H and O–H groups in total. The Kier molecular flexibility index (Phi) is 4.85. The van der Waals surface area contributed by atoms with Crippen LogP contribution in [0.25, 0.3) is 11.3 Å². The van der Waals surface area contributed by atoms with E-state index in [1.165, 1.54) is 36.8 Å². The van der Waals surface area contributed by atoms with Crippen LogP contribution < -0.4 is 5.32 Å². The first-order valence-electron chi connectivity index (χ1n) is 7.25. The average Bonchev–Trinajstić information content (AvgIpc) is 2.63. The van der Waals surface area contributed by atoms with Gasteiger partial charge in [-0.2, -0.15) is 13.2 Å². The number of rotatable bonds is 3. The van der Waals surface area contributed by atoms with Crippen LogP contribution in [0.4, 0.5) is 18.9 Å². The molecule has 0 aliphatic heterocycles. The van der Waals surface area contributed by atoms with Crippen molar-refractivity contribution in [2.24, 2.45) is 0 Å². The molecule has 1 amide bonds. The van der Waals surface area contributed by atoms with E-state index in [0.29, 0.717) is 11.3 Å². The molecule has 0 bridgehead atoms. The molecule has 0 atom stereocenters. The summed E-state index contributed by atoms with van der Waals surface area (Å²) < 4.78 is 37.9. The lowest BCUT2D eigenvalue weighted by Crippen LogP contribution is -2.14. The van der Waals surface area contributed by atoms with Crippen molar-refractivity contribution in [3.8, 4) is 11.3 Å². The molecule has 0 spiro atoms. The number of nitrogens with one attached hydrogen (secondary N) is 1. The van der Waals surface area contributed by atoms with Crippen LogP contribution >= 0.6 is 11.6 Å². The van der Waals surface area contributed by atoms with Crippen LogP contribution in [0.1, 0.15) is 16.1 Å². The minimum absolute atomic E-state index is 0.0114. The van der Waals surface area contributed by atoms with Gasteiger partial charge in [-0.1, -0.05) is 23.7 Å². The molecule has 0 radical (unpaired) electrons. The number of pyridine rings is 1. The first-order chi connectivity index (χ1) is 12.3. The van der Waals surface area contributed by atoms with Crippen molar-refractivity contribution < 1.29 is 18.0 Å². The maximum atomic E-state index is 12.6. The smallest absolute Gasteiger partial charge is 0.319 e. The molecular formula is C17H10ClF3N4O. The van der Waals surface area contributed by atoms with Gasteiger partial charge in [0.2, 0.25) is 0 Å². The molecule has 5 nitrogen and oxygen atoms in total. The number of carbonyl (C=O) groups is 1. The van der Waals surface area contributed by atoms with Crippen LogP contribution in [0.15, 0.2) is 55.0 Å². The summed E-state index contributed by atoms with van der Waals surface area (Å²) in [7, 11) is 0. The topological polar surface area (TPSA) is 67.8 Å². The average molecular weight is 379 g/mol. The van der Waals surface area contributed by atoms with Gasteiger partial charge in [0.25, 0.3) is 5.91 Å². The Bertz CT molecular complexity index is 928. The fourth-order valence-electron chi connectivity index (χ4n) is 2.09. The van der Waals surface area contributed by atoms with Crippen LogP contribution in [0.2, 0.25) is 5.15 Å². The van der Waals surface area contributed by atoms with E-state index in [9.17, 15) is 18.0 Å². The number of nitrogens with zero attached hydrogens (tertiary/aromatic N) is 3. The van der Waals surface area contributed by atoms with Gasteiger partial charge >= 0.3 is 6.18 Å². The molecule has 132 valence electrons. The van der Waals surface area contributed by atoms with E-state index >= 15 is 0 Å². The van der Waals surface area contributed by atoms with Crippen LogP contribution in [0.5, 0.6) is 0 Å². The zero-order valence-corrected chi connectivity index (χ0v) is 13.7. The molecular weight excluding hydrogens is 369 g/mol. The molecule has 3 rings (SSSR count). The highest BCUT2D eigenvalue weighted by atomic mass is 35.5. The van der Waals surface area contributed by atoms with E-state index in [1.54, 1.807) is 6.07 Å². The number of amides is 1. The summed E-state index contributed by atoms with van der Waals surface area (Å²) in [4.78, 5) is 24.2. The van der Waals surface area contributed by atoms with Gasteiger partial charge < -0.3 is 5.32 Å². The molecule has 26 heavy (non-hydrogen) atoms. The summed E-state index contributed by atoms with van der Waals surface area (Å²) >= 11 is 5.68. The summed E-state index contributed by atoms with van der Waals surface area (Å²) in [5, 5.41) is 2.87. The SMILES string of the molecule is O=C(Nc1ccc(Cl)nc1)c1cncc(-c2ccc(C(F)(F)F)cc2)n1. The normalized spacial score (nSPS) is 11.2. The highest BCUT2D eigenvalue weighted by Gasteiger charge is 2.30. The van der Waals surface area contributed by atoms with Crippen molar-refractivity contribution in [2.75, 3.05) is 5.32 Å². The second-order valence-corrected chi connectivity index (χ2v) is 5.58. The van der Waals surface area contributed by atoms with Gasteiger partial charge in [0.1, 0.15) is 10.8 Å². The Morgan fingerprint density at radius 2 is 1.73 bits per heavy atom. The minimum atomic E-state index is -4.42. The quantitative estimate of drug-likeness (QED) is 0.683. The van der Waals surface area contributed by atoms with Gasteiger partial charge in [-0.15, -0.1) is 0 Å². The number of halogens is 4. The highest BCUT2D eigenvalue weighted by Crippen LogP contribution is 2.30. The van der Waals surface area contributed by atoms with Gasteiger partial charge in [-0.05, 0) is 24.3 Å². The van der Waals surface area contributed by atoms with Crippen molar-refractivity contribution in [1.29, 1.82) is 0 Å². The predicted octanol–water partition coefficient (Wildman–Crippen LogP) is 4.46. The predicted molar refractivity (Wildman–Crippen MR) is 89.7 cm³/mol. The van der Waals surface area contributed by atoms with Gasteiger partial charge in [-0.25, -0.2) is 9.97 Å². The number of alkyl halides is 3. The van der Waals surface area contributed by atoms with Crippen LogP contribution in [0, 0.1) is 0 Å². The fourth-order valence-corrected chi connectivity index (χ4v) is 2.20. The molecule has 0 unspecified atom stereocenters. The molecule has 9 heteroatoms. The summed E-state index contributed by atoms with van der Waals surface area (Å²) in [6.07, 6.45) is -0.415. The Hall–Kier alpha value is -3.00. The fraction of sp³-hybridized carbons (Fsp3) is 0.0588. The standard InChI is InChI=1S/C17H10ClF3N4O/c18-15-6-5-12(7-23-15)24-16(26)14-9-22-8-13(25-14)10-1-3-11(4-2-10)17(19,20)21/h1-9H,(H,24,26). The first kappa shape index (κ1) is 17.8. The third-order valence-electron chi connectivity index (χ3n) is 3.36. The van der Waals surface area contributed by atoms with Crippen LogP contribution in [0.3, 0.4) is 0 Å². The highest BCUT2D eigenvalue weighted by molar-refractivity contribution is 6.29. The van der Waals surface area contributed by atoms with Crippen molar-refractivity contribution in [1.82, 2.24) is 15.0 Å². The molecule has 1 aromatic carbocycles. The van der Waals surface area contributed by atoms with Gasteiger partial charge in [0.15, 0.2) is 0 Å². The van der Waals surface area contributed by atoms with E-state index < -0.39 is 17.6 Å². The van der Waals surface area contributed by atoms with E-state index in [1.807, 2.05) is 0 Å². The monoisotopic (exact) mass is 378 g/mol. The largest absolute Gasteiger partial charge is 0.416 e. The van der Waals surface area contributed by atoms with Gasteiger partial charge in [0, 0.05) is 5.56 Å². The summed E-state index contributed by atoms with van der Waals surface area (Å²) in [5.74, 6) is -0.532. The molecule has 0 fully saturated rings. The van der Waals surface area contributed by atoms with Crippen LogP contribution in [-0.4, -0.2) is 20.9 Å². The molecule has 2 heterocycles. The molecule has 0 saturated carbocycles. The summed E-state index contributed by atoms with van der Waals surface area (Å²) in [5.41, 5.74) is 0.353. The molecule has 0 saturated heterocycles. The second kappa shape index (κ2) is 7.09. The summed E-state index contributed by atoms with van der Waals surface area (Å²) in [6.45, 7) is 0. The maximum Gasteiger partial charge on any atom is 0.416 e. The zero-order chi connectivity index (χ0) is 18.7. The zero-order valence-electron chi connectivity index (χ0n) is 13.0. The lowest BCUT2D eigenvalue weighted by molar-refractivity contribution is -0.137. The third kappa shape index (κ3) is 4.15. The molecule has 2 aromatic heterocycles. The maximum absolute atomic E-state index is 12.6. The Morgan fingerprint density at radius 1 is 1.00 bits per heavy atom. The molecule has 0 aliphatic rings. The number of hydrogen-bond acceptors (Lipinski definition) is 4. The lowest BCUT2D eigenvalue weighted by Gasteiger charge is -2.08. The molecule has 0 aliphatic carbocycles. The first-order valence-corrected chi connectivity index (χ1v) is 7.63. The van der Waals surface area contributed by atoms with Gasteiger partial charge in [0.05, 0.1) is 35.5 Å². The van der Waals surface area contributed by atoms with Gasteiger partial charge in [-0.3, -0.25) is 9.78 Å². The van der Waals surface area contributed by atoms with E-state index in [2.05, 4.69) is 20.3 Å². The van der Waals surface area contributed by atoms with Crippen molar-refractivity contribution in [3.05, 3.63) is 71.4 Å². The number of aromatic nitrogens is 3. The third-order valence-corrected chi connectivity index (χ3v) is 3.58. The number of hydrogen-bond donors (Lipinski definition) is 1. The van der Waals surface area contributed by atoms with Crippen molar-refractivity contribution in [3.63, 3.8) is 0 Å². The minimum Gasteiger partial charge on any atom is -0.319 e. The van der Waals surface area contributed by atoms with Crippen LogP contribution in [-0.2, 0) is 6.18 Å². The lowest BCUT2D eigenvalue weighted by atomic mass is 10.1. The number of anilines is 1. The number of benzene rings is 1. The van der Waals surface area contributed by atoms with E-state index in [0.717, 1.165) is 12.1 Å². The number of carbonyl (C=O) groups excluding carboxylic acids is 1. The Labute approximate surface area is 150 Å². The van der Waals surface area contributed by atoms with Crippen molar-refractivity contribution in [2.45, 2.75) is 6.18 Å². The Balaban J connectivity index is 1.81. The van der Waals surface area contributed by atoms with Crippen molar-refractivity contribution >= 4 is 23.2 Å². The van der Waals surface area contributed by atoms with E-state index in [-0.39, 0.29) is 16.5 Å². The molecule has 3 aromatic rings. The Morgan fingerprint density at radius 3 is 2.35 bits per heavy atom. The second-order valence-electron chi connectivity index (χ2n) is 5.19. The summed E-state index contributed by atoms with van der Waals surface area (Å²) in [6, 6.07) is 7.53.